The number of ketones is 1. The summed E-state index contributed by atoms with van der Waals surface area (Å²) in [6.45, 7) is 2.61. The van der Waals surface area contributed by atoms with E-state index in [9.17, 15) is 13.2 Å². The number of hydrogen-bond donors (Lipinski definition) is 0. The second-order valence-corrected chi connectivity index (χ2v) is 10.4. The molecule has 3 aliphatic rings. The van der Waals surface area contributed by atoms with Crippen LogP contribution in [0.5, 0.6) is 0 Å². The molecule has 1 heterocycles. The fraction of sp³-hybridized carbons (Fsp3) is 0.950. The van der Waals surface area contributed by atoms with Gasteiger partial charge in [-0.3, -0.25) is 8.98 Å². The minimum atomic E-state index is -3.63. The van der Waals surface area contributed by atoms with Crippen molar-refractivity contribution in [2.45, 2.75) is 95.2 Å². The van der Waals surface area contributed by atoms with Gasteiger partial charge in [0.15, 0.2) is 12.1 Å². The van der Waals surface area contributed by atoms with Crippen LogP contribution in [0.3, 0.4) is 0 Å². The largest absolute Gasteiger partial charge is 0.353 e. The zero-order chi connectivity index (χ0) is 19.3. The average molecular weight is 403 g/mol. The number of rotatable bonds is 7. The molecule has 1 aliphatic heterocycles. The summed E-state index contributed by atoms with van der Waals surface area (Å²) in [5.74, 6) is 0.378. The van der Waals surface area contributed by atoms with Crippen molar-refractivity contribution in [3.63, 3.8) is 0 Å². The van der Waals surface area contributed by atoms with Gasteiger partial charge in [0.05, 0.1) is 11.4 Å². The first-order valence-electron chi connectivity index (χ1n) is 10.6. The summed E-state index contributed by atoms with van der Waals surface area (Å²) in [5.41, 5.74) is 0. The van der Waals surface area contributed by atoms with Gasteiger partial charge < -0.3 is 9.47 Å². The minimum Gasteiger partial charge on any atom is -0.353 e. The molecule has 2 aliphatic carbocycles. The van der Waals surface area contributed by atoms with Crippen LogP contribution in [0.4, 0.5) is 0 Å². The fourth-order valence-corrected chi connectivity index (χ4v) is 5.75. The molecule has 3 fully saturated rings. The van der Waals surface area contributed by atoms with Gasteiger partial charge in [0, 0.05) is 12.5 Å². The Kier molecular flexibility index (Phi) is 7.71. The predicted octanol–water partition coefficient (Wildman–Crippen LogP) is 3.58. The van der Waals surface area contributed by atoms with Gasteiger partial charge in [-0.25, -0.2) is 0 Å². The van der Waals surface area contributed by atoms with Crippen molar-refractivity contribution >= 4 is 15.9 Å². The van der Waals surface area contributed by atoms with Crippen molar-refractivity contribution in [3.05, 3.63) is 0 Å². The van der Waals surface area contributed by atoms with Crippen LogP contribution in [0.1, 0.15) is 77.6 Å². The third-order valence-electron chi connectivity index (χ3n) is 6.35. The molecule has 0 aromatic heterocycles. The highest BCUT2D eigenvalue weighted by Gasteiger charge is 2.33. The molecule has 0 spiro atoms. The van der Waals surface area contributed by atoms with E-state index in [1.807, 2.05) is 0 Å². The SMILES string of the molecule is CC1CCC(S(=O)(=O)OCC(=O)C2CCC(OC3CCCCO3)CC2)CC1. The number of ether oxygens (including phenoxy) is 2. The topological polar surface area (TPSA) is 78.9 Å². The molecule has 27 heavy (non-hydrogen) atoms. The molecule has 7 heteroatoms. The van der Waals surface area contributed by atoms with E-state index in [2.05, 4.69) is 6.92 Å². The standard InChI is InChI=1S/C20H34O6S/c1-15-5-11-18(12-6-15)27(22,23)25-14-19(21)16-7-9-17(10-8-16)26-20-4-2-3-13-24-20/h15-18,20H,2-14H2,1H3. The van der Waals surface area contributed by atoms with E-state index in [0.717, 1.165) is 64.4 Å². The van der Waals surface area contributed by atoms with Gasteiger partial charge >= 0.3 is 0 Å². The molecular formula is C20H34O6S. The van der Waals surface area contributed by atoms with Gasteiger partial charge in [0.2, 0.25) is 0 Å². The molecule has 3 rings (SSSR count). The lowest BCUT2D eigenvalue weighted by molar-refractivity contribution is -0.194. The van der Waals surface area contributed by atoms with Crippen molar-refractivity contribution in [2.24, 2.45) is 11.8 Å². The third kappa shape index (κ3) is 6.24. The highest BCUT2D eigenvalue weighted by Crippen LogP contribution is 2.31. The zero-order valence-corrected chi connectivity index (χ0v) is 17.3. The number of Topliss-reactive ketones (excluding diaryl/α,β-unsaturated/α-hetero) is 1. The summed E-state index contributed by atoms with van der Waals surface area (Å²) in [5, 5.41) is -0.443. The first-order chi connectivity index (χ1) is 12.9. The zero-order valence-electron chi connectivity index (χ0n) is 16.4. The van der Waals surface area contributed by atoms with Gasteiger partial charge in [-0.05, 0) is 76.5 Å². The Morgan fingerprint density at radius 1 is 0.963 bits per heavy atom. The summed E-state index contributed by atoms with van der Waals surface area (Å²) >= 11 is 0. The van der Waals surface area contributed by atoms with Crippen molar-refractivity contribution in [1.29, 1.82) is 0 Å². The van der Waals surface area contributed by atoms with Crippen LogP contribution in [-0.2, 0) is 28.6 Å². The Balaban J connectivity index is 1.37. The van der Waals surface area contributed by atoms with Crippen LogP contribution in [0.15, 0.2) is 0 Å². The maximum absolute atomic E-state index is 12.4. The fourth-order valence-electron chi connectivity index (χ4n) is 4.43. The predicted molar refractivity (Wildman–Crippen MR) is 102 cm³/mol. The molecule has 0 aromatic carbocycles. The lowest BCUT2D eigenvalue weighted by Gasteiger charge is -2.32. The smallest absolute Gasteiger partial charge is 0.270 e. The van der Waals surface area contributed by atoms with Crippen LogP contribution < -0.4 is 0 Å². The summed E-state index contributed by atoms with van der Waals surface area (Å²) < 4.78 is 41.4. The highest BCUT2D eigenvalue weighted by molar-refractivity contribution is 7.87. The second kappa shape index (κ2) is 9.81. The van der Waals surface area contributed by atoms with E-state index >= 15 is 0 Å². The Bertz CT molecular complexity index is 567. The van der Waals surface area contributed by atoms with Gasteiger partial charge in [-0.2, -0.15) is 8.42 Å². The first-order valence-corrected chi connectivity index (χ1v) is 12.1. The molecular weight excluding hydrogens is 368 g/mol. The van der Waals surface area contributed by atoms with E-state index in [0.29, 0.717) is 18.8 Å². The molecule has 156 valence electrons. The first kappa shape index (κ1) is 21.2. The van der Waals surface area contributed by atoms with E-state index in [1.54, 1.807) is 0 Å². The number of hydrogen-bond acceptors (Lipinski definition) is 6. The summed E-state index contributed by atoms with van der Waals surface area (Å²) in [7, 11) is -3.63. The lowest BCUT2D eigenvalue weighted by atomic mass is 9.85. The van der Waals surface area contributed by atoms with Crippen LogP contribution in [0, 0.1) is 11.8 Å². The van der Waals surface area contributed by atoms with Gasteiger partial charge in [0.1, 0.15) is 6.61 Å². The molecule has 0 radical (unpaired) electrons. The Morgan fingerprint density at radius 2 is 1.67 bits per heavy atom. The molecule has 1 atom stereocenters. The van der Waals surface area contributed by atoms with Crippen LogP contribution >= 0.6 is 0 Å². The minimum absolute atomic E-state index is 0.0879. The second-order valence-electron chi connectivity index (χ2n) is 8.51. The maximum atomic E-state index is 12.4. The molecule has 6 nitrogen and oxygen atoms in total. The van der Waals surface area contributed by atoms with E-state index < -0.39 is 15.4 Å². The quantitative estimate of drug-likeness (QED) is 0.606. The molecule has 2 saturated carbocycles. The maximum Gasteiger partial charge on any atom is 0.270 e. The normalized spacial score (nSPS) is 35.7. The summed E-state index contributed by atoms with van der Waals surface area (Å²) in [6, 6.07) is 0. The Morgan fingerprint density at radius 3 is 2.30 bits per heavy atom. The highest BCUT2D eigenvalue weighted by atomic mass is 32.2. The molecule has 1 saturated heterocycles. The number of carbonyl (C=O) groups excluding carboxylic acids is 1. The van der Waals surface area contributed by atoms with E-state index in [-0.39, 0.29) is 30.7 Å². The molecule has 0 bridgehead atoms. The van der Waals surface area contributed by atoms with E-state index in [1.165, 1.54) is 0 Å². The van der Waals surface area contributed by atoms with E-state index in [4.69, 9.17) is 13.7 Å². The van der Waals surface area contributed by atoms with Crippen LogP contribution in [0.25, 0.3) is 0 Å². The average Bonchev–Trinajstić information content (AvgIpc) is 2.68. The molecule has 1 unspecified atom stereocenters. The lowest BCUT2D eigenvalue weighted by Crippen LogP contribution is -2.34. The Labute approximate surface area is 163 Å². The Hall–Kier alpha value is -0.500. The van der Waals surface area contributed by atoms with Crippen molar-refractivity contribution in [3.8, 4) is 0 Å². The number of carbonyl (C=O) groups is 1. The van der Waals surface area contributed by atoms with Crippen molar-refractivity contribution in [2.75, 3.05) is 13.2 Å². The van der Waals surface area contributed by atoms with Crippen LogP contribution in [0.2, 0.25) is 0 Å². The summed E-state index contributed by atoms with van der Waals surface area (Å²) in [4.78, 5) is 12.4. The van der Waals surface area contributed by atoms with Crippen LogP contribution in [-0.4, -0.2) is 45.1 Å². The van der Waals surface area contributed by atoms with Crippen molar-refractivity contribution in [1.82, 2.24) is 0 Å². The molecule has 0 aromatic rings. The van der Waals surface area contributed by atoms with Gasteiger partial charge in [-0.15, -0.1) is 0 Å². The molecule has 0 N–H and O–H groups in total. The van der Waals surface area contributed by atoms with Gasteiger partial charge in [-0.1, -0.05) is 6.92 Å². The third-order valence-corrected chi connectivity index (χ3v) is 8.08. The monoisotopic (exact) mass is 402 g/mol. The van der Waals surface area contributed by atoms with Gasteiger partial charge in [0.25, 0.3) is 10.1 Å². The summed E-state index contributed by atoms with van der Waals surface area (Å²) in [6.07, 6.45) is 9.47. The molecule has 0 amide bonds. The van der Waals surface area contributed by atoms with Crippen molar-refractivity contribution < 1.29 is 26.9 Å².